The first-order chi connectivity index (χ1) is 10.2. The van der Waals surface area contributed by atoms with E-state index in [1.54, 1.807) is 6.20 Å². The van der Waals surface area contributed by atoms with E-state index in [4.69, 9.17) is 5.73 Å². The van der Waals surface area contributed by atoms with Gasteiger partial charge >= 0.3 is 0 Å². The maximum atomic E-state index is 11.9. The number of nitrogens with one attached hydrogen (secondary N) is 1. The van der Waals surface area contributed by atoms with Gasteiger partial charge in [-0.05, 0) is 30.9 Å². The van der Waals surface area contributed by atoms with Gasteiger partial charge in [-0.2, -0.15) is 0 Å². The van der Waals surface area contributed by atoms with E-state index in [1.807, 2.05) is 23.6 Å². The lowest BCUT2D eigenvalue weighted by molar-refractivity contribution is -0.120. The number of nitrogens with two attached hydrogens (primary N) is 1. The van der Waals surface area contributed by atoms with E-state index < -0.39 is 0 Å². The number of carbonyl (C=O) groups excluding carboxylic acids is 1. The van der Waals surface area contributed by atoms with E-state index in [1.165, 1.54) is 24.2 Å². The number of pyridine rings is 1. The number of hydrogen-bond donors (Lipinski definition) is 2. The molecule has 5 nitrogen and oxygen atoms in total. The van der Waals surface area contributed by atoms with Crippen LogP contribution in [0.25, 0.3) is 10.7 Å². The summed E-state index contributed by atoms with van der Waals surface area (Å²) in [6.07, 6.45) is 4.41. The highest BCUT2D eigenvalue weighted by Gasteiger charge is 2.28. The molecule has 0 aliphatic heterocycles. The Labute approximate surface area is 127 Å². The van der Waals surface area contributed by atoms with Gasteiger partial charge in [-0.15, -0.1) is 11.3 Å². The third kappa shape index (κ3) is 3.86. The summed E-state index contributed by atoms with van der Waals surface area (Å²) in [4.78, 5) is 20.6. The fourth-order valence-electron chi connectivity index (χ4n) is 2.14. The topological polar surface area (TPSA) is 80.9 Å². The third-order valence-electron chi connectivity index (χ3n) is 3.54. The minimum absolute atomic E-state index is 0.0241. The summed E-state index contributed by atoms with van der Waals surface area (Å²) in [7, 11) is 0. The van der Waals surface area contributed by atoms with Gasteiger partial charge in [0.15, 0.2) is 0 Å². The van der Waals surface area contributed by atoms with E-state index in [2.05, 4.69) is 15.3 Å². The van der Waals surface area contributed by atoms with Crippen molar-refractivity contribution in [3.05, 3.63) is 35.5 Å². The monoisotopic (exact) mass is 302 g/mol. The second kappa shape index (κ2) is 6.32. The quantitative estimate of drug-likeness (QED) is 0.849. The van der Waals surface area contributed by atoms with Crippen molar-refractivity contribution in [2.24, 2.45) is 11.7 Å². The highest BCUT2D eigenvalue weighted by atomic mass is 32.1. The Kier molecular flexibility index (Phi) is 4.26. The summed E-state index contributed by atoms with van der Waals surface area (Å²) in [5.74, 6) is 0.573. The number of thiazole rings is 1. The van der Waals surface area contributed by atoms with E-state index in [0.717, 1.165) is 16.4 Å². The maximum Gasteiger partial charge on any atom is 0.226 e. The molecular weight excluding hydrogens is 284 g/mol. The molecule has 21 heavy (non-hydrogen) atoms. The number of aromatic nitrogens is 2. The molecule has 2 aromatic heterocycles. The zero-order valence-corrected chi connectivity index (χ0v) is 12.5. The molecular formula is C15H18N4OS. The molecule has 0 bridgehead atoms. The van der Waals surface area contributed by atoms with Crippen molar-refractivity contribution in [2.45, 2.75) is 25.3 Å². The van der Waals surface area contributed by atoms with Gasteiger partial charge in [0.25, 0.3) is 0 Å². The SMILES string of the molecule is NC(CNC(=O)Cc1csc(-c2ccccn2)n1)C1CC1. The van der Waals surface area contributed by atoms with Crippen molar-refractivity contribution < 1.29 is 4.79 Å². The molecule has 1 saturated carbocycles. The van der Waals surface area contributed by atoms with Crippen LogP contribution in [0, 0.1) is 5.92 Å². The summed E-state index contributed by atoms with van der Waals surface area (Å²) < 4.78 is 0. The van der Waals surface area contributed by atoms with Gasteiger partial charge in [0.1, 0.15) is 5.01 Å². The predicted octanol–water partition coefficient (Wildman–Crippen LogP) is 1.60. The van der Waals surface area contributed by atoms with E-state index >= 15 is 0 Å². The standard InChI is InChI=1S/C15H18N4OS/c16-12(10-4-5-10)8-18-14(20)7-11-9-21-15(19-11)13-3-1-2-6-17-13/h1-3,6,9-10,12H,4-5,7-8,16H2,(H,18,20). The van der Waals surface area contributed by atoms with Crippen molar-refractivity contribution in [1.29, 1.82) is 0 Å². The van der Waals surface area contributed by atoms with Crippen LogP contribution in [0.1, 0.15) is 18.5 Å². The first-order valence-corrected chi connectivity index (χ1v) is 7.98. The highest BCUT2D eigenvalue weighted by Crippen LogP contribution is 2.31. The van der Waals surface area contributed by atoms with Crippen LogP contribution >= 0.6 is 11.3 Å². The zero-order valence-electron chi connectivity index (χ0n) is 11.7. The molecule has 1 atom stereocenters. The van der Waals surface area contributed by atoms with Crippen molar-refractivity contribution in [1.82, 2.24) is 15.3 Å². The molecule has 0 saturated heterocycles. The average molecular weight is 302 g/mol. The Morgan fingerprint density at radius 1 is 1.48 bits per heavy atom. The molecule has 0 spiro atoms. The lowest BCUT2D eigenvalue weighted by Gasteiger charge is -2.10. The molecule has 1 aliphatic carbocycles. The molecule has 0 aromatic carbocycles. The number of hydrogen-bond acceptors (Lipinski definition) is 5. The highest BCUT2D eigenvalue weighted by molar-refractivity contribution is 7.13. The molecule has 2 heterocycles. The van der Waals surface area contributed by atoms with E-state index in [0.29, 0.717) is 18.9 Å². The van der Waals surface area contributed by atoms with Gasteiger partial charge in [0.05, 0.1) is 17.8 Å². The summed E-state index contributed by atoms with van der Waals surface area (Å²) >= 11 is 1.51. The summed E-state index contributed by atoms with van der Waals surface area (Å²) in [5, 5.41) is 5.63. The molecule has 2 aromatic rings. The zero-order chi connectivity index (χ0) is 14.7. The van der Waals surface area contributed by atoms with Gasteiger partial charge in [-0.1, -0.05) is 6.07 Å². The van der Waals surface area contributed by atoms with Crippen molar-refractivity contribution in [3.63, 3.8) is 0 Å². The molecule has 1 amide bonds. The number of rotatable bonds is 6. The van der Waals surface area contributed by atoms with E-state index in [-0.39, 0.29) is 11.9 Å². The smallest absolute Gasteiger partial charge is 0.226 e. The largest absolute Gasteiger partial charge is 0.354 e. The molecule has 1 aliphatic rings. The fourth-order valence-corrected chi connectivity index (χ4v) is 2.94. The first kappa shape index (κ1) is 14.2. The molecule has 0 radical (unpaired) electrons. The molecule has 1 unspecified atom stereocenters. The van der Waals surface area contributed by atoms with Crippen LogP contribution in [-0.2, 0) is 11.2 Å². The second-order valence-electron chi connectivity index (χ2n) is 5.34. The normalized spacial score (nSPS) is 15.7. The van der Waals surface area contributed by atoms with Crippen LogP contribution in [0.3, 0.4) is 0 Å². The summed E-state index contributed by atoms with van der Waals surface area (Å²) in [5.41, 5.74) is 7.58. The lowest BCUT2D eigenvalue weighted by atomic mass is 10.2. The Bertz CT molecular complexity index is 609. The molecule has 3 rings (SSSR count). The molecule has 110 valence electrons. The Morgan fingerprint density at radius 3 is 3.05 bits per heavy atom. The van der Waals surface area contributed by atoms with Crippen LogP contribution in [0.2, 0.25) is 0 Å². The van der Waals surface area contributed by atoms with Crippen molar-refractivity contribution >= 4 is 17.2 Å². The molecule has 6 heteroatoms. The number of amides is 1. The molecule has 1 fully saturated rings. The minimum Gasteiger partial charge on any atom is -0.354 e. The van der Waals surface area contributed by atoms with Crippen LogP contribution in [0.4, 0.5) is 0 Å². The minimum atomic E-state index is -0.0241. The summed E-state index contributed by atoms with van der Waals surface area (Å²) in [6.45, 7) is 0.556. The number of carbonyl (C=O) groups is 1. The van der Waals surface area contributed by atoms with Crippen LogP contribution in [0.5, 0.6) is 0 Å². The fraction of sp³-hybridized carbons (Fsp3) is 0.400. The summed E-state index contributed by atoms with van der Waals surface area (Å²) in [6, 6.07) is 5.80. The van der Waals surface area contributed by atoms with Crippen LogP contribution in [0.15, 0.2) is 29.8 Å². The number of nitrogens with zero attached hydrogens (tertiary/aromatic N) is 2. The van der Waals surface area contributed by atoms with Gasteiger partial charge in [-0.25, -0.2) is 4.98 Å². The van der Waals surface area contributed by atoms with Crippen LogP contribution < -0.4 is 11.1 Å². The van der Waals surface area contributed by atoms with Crippen molar-refractivity contribution in [2.75, 3.05) is 6.54 Å². The van der Waals surface area contributed by atoms with Gasteiger partial charge in [0, 0.05) is 24.2 Å². The van der Waals surface area contributed by atoms with Gasteiger partial charge in [-0.3, -0.25) is 9.78 Å². The van der Waals surface area contributed by atoms with Crippen LogP contribution in [-0.4, -0.2) is 28.5 Å². The third-order valence-corrected chi connectivity index (χ3v) is 4.45. The second-order valence-corrected chi connectivity index (χ2v) is 6.20. The van der Waals surface area contributed by atoms with Crippen molar-refractivity contribution in [3.8, 4) is 10.7 Å². The predicted molar refractivity (Wildman–Crippen MR) is 82.8 cm³/mol. The first-order valence-electron chi connectivity index (χ1n) is 7.10. The average Bonchev–Trinajstić information content (AvgIpc) is 3.26. The molecule has 3 N–H and O–H groups in total. The maximum absolute atomic E-state index is 11.9. The Morgan fingerprint density at radius 2 is 2.33 bits per heavy atom. The lowest BCUT2D eigenvalue weighted by Crippen LogP contribution is -2.39. The Balaban J connectivity index is 1.53. The van der Waals surface area contributed by atoms with Gasteiger partial charge in [0.2, 0.25) is 5.91 Å². The Hall–Kier alpha value is -1.79. The van der Waals surface area contributed by atoms with Gasteiger partial charge < -0.3 is 11.1 Å². The van der Waals surface area contributed by atoms with E-state index in [9.17, 15) is 4.79 Å².